The molecule has 1 aromatic heterocycles. The van der Waals surface area contributed by atoms with Crippen molar-refractivity contribution in [1.82, 2.24) is 4.57 Å². The van der Waals surface area contributed by atoms with E-state index in [1.807, 2.05) is 13.1 Å². The predicted molar refractivity (Wildman–Crippen MR) is 129 cm³/mol. The Labute approximate surface area is 213 Å². The molecular weight excluding hydrogens is 509 g/mol. The average molecular weight is 541 g/mol. The van der Waals surface area contributed by atoms with Crippen molar-refractivity contribution in [2.24, 2.45) is 0 Å². The van der Waals surface area contributed by atoms with Gasteiger partial charge >= 0.3 is 6.18 Å². The molecular formula is C25H31F3N2O6Si. The van der Waals surface area contributed by atoms with E-state index >= 15 is 0 Å². The predicted octanol–water partition coefficient (Wildman–Crippen LogP) is 4.37. The molecule has 2 aliphatic heterocycles. The monoisotopic (exact) mass is 540 g/mol. The summed E-state index contributed by atoms with van der Waals surface area (Å²) < 4.78 is 53.9. The first-order valence-electron chi connectivity index (χ1n) is 11.8. The van der Waals surface area contributed by atoms with Gasteiger partial charge in [0.05, 0.1) is 34.0 Å². The van der Waals surface area contributed by atoms with Gasteiger partial charge in [0.1, 0.15) is 23.4 Å². The van der Waals surface area contributed by atoms with Crippen LogP contribution in [0.3, 0.4) is 0 Å². The quantitative estimate of drug-likeness (QED) is 0.415. The summed E-state index contributed by atoms with van der Waals surface area (Å²) in [6, 6.07) is 4.25. The van der Waals surface area contributed by atoms with Crippen molar-refractivity contribution in [1.29, 1.82) is 5.26 Å². The number of hydrogen-bond acceptors (Lipinski definition) is 7. The first-order valence-corrected chi connectivity index (χ1v) is 14.7. The van der Waals surface area contributed by atoms with E-state index in [1.165, 1.54) is 13.0 Å². The first-order chi connectivity index (χ1) is 16.8. The number of nitriles is 1. The molecule has 2 bridgehead atoms. The molecule has 12 heteroatoms. The number of fused-ring (bicyclic) bond motifs is 5. The zero-order chi connectivity index (χ0) is 27.9. The third-order valence-corrected chi connectivity index (χ3v) is 12.7. The summed E-state index contributed by atoms with van der Waals surface area (Å²) in [5, 5.41) is 53.3. The standard InChI is InChI=1S/C25H31F3N2O6Si/c1-22(2,3)37(5,6)35-10-9-24-17-16(23(4,36-24)18(31)19(24)32)20(33)30(21(17)34)14-8-7-13(12-29)15(11-14)25(26,27)28/h7-8,11,18-19,31-34H,9-10H2,1-6H3/t18-,19+,23+,24-/m1/s1. The Morgan fingerprint density at radius 2 is 1.70 bits per heavy atom. The Balaban J connectivity index is 1.84. The molecule has 0 saturated carbocycles. The van der Waals surface area contributed by atoms with Crippen LogP contribution in [0.1, 0.15) is 56.4 Å². The number of ether oxygens (including phenoxy) is 1. The smallest absolute Gasteiger partial charge is 0.417 e. The molecule has 8 nitrogen and oxygen atoms in total. The fraction of sp³-hybridized carbons (Fsp3) is 0.560. The van der Waals surface area contributed by atoms with Gasteiger partial charge in [0, 0.05) is 13.0 Å². The normalized spacial score (nSPS) is 27.4. The summed E-state index contributed by atoms with van der Waals surface area (Å²) in [6.07, 6.45) is -7.83. The highest BCUT2D eigenvalue weighted by atomic mass is 28.4. The zero-order valence-corrected chi connectivity index (χ0v) is 22.4. The highest BCUT2D eigenvalue weighted by Crippen LogP contribution is 2.65. The number of alkyl halides is 3. The lowest BCUT2D eigenvalue weighted by molar-refractivity contribution is -0.137. The van der Waals surface area contributed by atoms with Crippen LogP contribution in [0.15, 0.2) is 18.2 Å². The van der Waals surface area contributed by atoms with Gasteiger partial charge in [-0.25, -0.2) is 0 Å². The SMILES string of the molecule is CC(C)(C)[Si](C)(C)OCC[C@@]12O[C@@](C)(c3c1c(O)n(-c1ccc(C#N)c(C(F)(F)F)c1)c3O)[C@H](O)[C@@H]2O. The largest absolute Gasteiger partial charge is 0.494 e. The molecule has 1 fully saturated rings. The van der Waals surface area contributed by atoms with E-state index in [1.54, 1.807) is 0 Å². The molecule has 0 spiro atoms. The number of rotatable bonds is 5. The molecule has 2 aromatic rings. The van der Waals surface area contributed by atoms with Crippen molar-refractivity contribution >= 4 is 8.32 Å². The maximum Gasteiger partial charge on any atom is 0.417 e. The number of aliphatic hydroxyl groups excluding tert-OH is 2. The van der Waals surface area contributed by atoms with Crippen LogP contribution in [0.25, 0.3) is 5.69 Å². The second-order valence-corrected chi connectivity index (χ2v) is 16.2. The van der Waals surface area contributed by atoms with Gasteiger partial charge in [0.25, 0.3) is 0 Å². The summed E-state index contributed by atoms with van der Waals surface area (Å²) in [6.45, 7) is 11.8. The molecule has 0 amide bonds. The molecule has 1 saturated heterocycles. The number of aliphatic hydroxyl groups is 2. The van der Waals surface area contributed by atoms with Crippen LogP contribution < -0.4 is 0 Å². The summed E-state index contributed by atoms with van der Waals surface area (Å²) in [4.78, 5) is 0. The van der Waals surface area contributed by atoms with Crippen molar-refractivity contribution < 1.29 is 42.8 Å². The van der Waals surface area contributed by atoms with Crippen LogP contribution in [0, 0.1) is 11.3 Å². The molecule has 4 rings (SSSR count). The molecule has 202 valence electrons. The van der Waals surface area contributed by atoms with E-state index in [0.29, 0.717) is 6.07 Å². The van der Waals surface area contributed by atoms with Gasteiger partial charge in [-0.1, -0.05) is 20.8 Å². The minimum atomic E-state index is -4.86. The summed E-state index contributed by atoms with van der Waals surface area (Å²) in [7, 11) is -2.21. The van der Waals surface area contributed by atoms with Crippen molar-refractivity contribution in [2.45, 2.75) is 81.8 Å². The Hall–Kier alpha value is -2.56. The van der Waals surface area contributed by atoms with E-state index in [4.69, 9.17) is 14.4 Å². The highest BCUT2D eigenvalue weighted by molar-refractivity contribution is 6.74. The Morgan fingerprint density at radius 3 is 2.24 bits per heavy atom. The number of halogens is 3. The highest BCUT2D eigenvalue weighted by Gasteiger charge is 2.71. The fourth-order valence-corrected chi connectivity index (χ4v) is 6.16. The van der Waals surface area contributed by atoms with Gasteiger partial charge < -0.3 is 29.6 Å². The first kappa shape index (κ1) is 27.5. The van der Waals surface area contributed by atoms with Crippen LogP contribution in [0.5, 0.6) is 11.8 Å². The third-order valence-electron chi connectivity index (χ3n) is 8.21. The average Bonchev–Trinajstić information content (AvgIpc) is 3.28. The molecule has 0 radical (unpaired) electrons. The van der Waals surface area contributed by atoms with E-state index in [2.05, 4.69) is 20.8 Å². The third kappa shape index (κ3) is 3.79. The van der Waals surface area contributed by atoms with Gasteiger partial charge in [-0.2, -0.15) is 18.4 Å². The maximum atomic E-state index is 13.6. The molecule has 2 aliphatic rings. The lowest BCUT2D eigenvalue weighted by atomic mass is 9.74. The van der Waals surface area contributed by atoms with Gasteiger partial charge in [-0.15, -0.1) is 0 Å². The molecule has 0 unspecified atom stereocenters. The van der Waals surface area contributed by atoms with Gasteiger partial charge in [0.15, 0.2) is 8.32 Å². The van der Waals surface area contributed by atoms with Crippen LogP contribution in [0.2, 0.25) is 18.1 Å². The van der Waals surface area contributed by atoms with Crippen molar-refractivity contribution in [3.05, 3.63) is 40.5 Å². The summed E-state index contributed by atoms with van der Waals surface area (Å²) in [5.74, 6) is -1.27. The Morgan fingerprint density at radius 1 is 1.11 bits per heavy atom. The maximum absolute atomic E-state index is 13.6. The zero-order valence-electron chi connectivity index (χ0n) is 21.4. The van der Waals surface area contributed by atoms with E-state index in [9.17, 15) is 33.6 Å². The number of hydrogen-bond donors (Lipinski definition) is 4. The van der Waals surface area contributed by atoms with Crippen LogP contribution in [-0.4, -0.2) is 52.1 Å². The van der Waals surface area contributed by atoms with E-state index in [0.717, 1.165) is 16.7 Å². The molecule has 4 atom stereocenters. The number of aromatic nitrogens is 1. The van der Waals surface area contributed by atoms with Crippen LogP contribution >= 0.6 is 0 Å². The minimum absolute atomic E-state index is 0.0120. The Bertz CT molecular complexity index is 1300. The van der Waals surface area contributed by atoms with Crippen molar-refractivity contribution in [2.75, 3.05) is 6.61 Å². The molecule has 37 heavy (non-hydrogen) atoms. The number of nitrogens with zero attached hydrogens (tertiary/aromatic N) is 2. The minimum Gasteiger partial charge on any atom is -0.494 e. The van der Waals surface area contributed by atoms with E-state index in [-0.39, 0.29) is 34.9 Å². The number of aromatic hydroxyl groups is 2. The second kappa shape index (κ2) is 8.22. The topological polar surface area (TPSA) is 128 Å². The van der Waals surface area contributed by atoms with E-state index < -0.39 is 60.8 Å². The van der Waals surface area contributed by atoms with Gasteiger partial charge in [-0.05, 0) is 43.3 Å². The summed E-state index contributed by atoms with van der Waals surface area (Å²) >= 11 is 0. The molecule has 3 heterocycles. The summed E-state index contributed by atoms with van der Waals surface area (Å²) in [5.41, 5.74) is -5.44. The van der Waals surface area contributed by atoms with Crippen LogP contribution in [-0.2, 0) is 26.5 Å². The molecule has 4 N–H and O–H groups in total. The van der Waals surface area contributed by atoms with Crippen LogP contribution in [0.4, 0.5) is 13.2 Å². The lowest BCUT2D eigenvalue weighted by Gasteiger charge is -2.38. The lowest BCUT2D eigenvalue weighted by Crippen LogP contribution is -2.47. The second-order valence-electron chi connectivity index (χ2n) is 11.4. The van der Waals surface area contributed by atoms with Crippen molar-refractivity contribution in [3.8, 4) is 23.5 Å². The molecule has 1 aromatic carbocycles. The Kier molecular flexibility index (Phi) is 6.10. The molecule has 0 aliphatic carbocycles. The van der Waals surface area contributed by atoms with Gasteiger partial charge in [-0.3, -0.25) is 4.57 Å². The number of benzene rings is 1. The van der Waals surface area contributed by atoms with Gasteiger partial charge in [0.2, 0.25) is 11.8 Å². The van der Waals surface area contributed by atoms with Crippen molar-refractivity contribution in [3.63, 3.8) is 0 Å². The fourth-order valence-electron chi connectivity index (χ4n) is 5.12.